The van der Waals surface area contributed by atoms with Gasteiger partial charge in [-0.15, -0.1) is 0 Å². The van der Waals surface area contributed by atoms with Crippen molar-refractivity contribution in [1.82, 2.24) is 10.2 Å². The van der Waals surface area contributed by atoms with Crippen molar-refractivity contribution in [2.24, 2.45) is 0 Å². The maximum Gasteiger partial charge on any atom is 0.321 e. The normalized spacial score (nSPS) is 14.9. The van der Waals surface area contributed by atoms with Crippen LogP contribution in [0.3, 0.4) is 0 Å². The Morgan fingerprint density at radius 3 is 2.58 bits per heavy atom. The Kier molecular flexibility index (Phi) is 5.01. The van der Waals surface area contributed by atoms with Crippen molar-refractivity contribution >= 4 is 6.03 Å². The van der Waals surface area contributed by atoms with E-state index in [9.17, 15) is 4.79 Å². The monoisotopic (exact) mass is 258 g/mol. The summed E-state index contributed by atoms with van der Waals surface area (Å²) in [7, 11) is 1.82. The minimum atomic E-state index is -0.0399. The van der Waals surface area contributed by atoms with Gasteiger partial charge in [0.15, 0.2) is 0 Å². The van der Waals surface area contributed by atoms with Gasteiger partial charge in [-0.05, 0) is 31.2 Å². The standard InChI is InChI=1S/C16H22N2O/c1-18(13-15-10-6-3-7-11-15)16(19)17-12-14-8-4-2-5-9-14/h3,6-7,10-12H,2,4-5,8-9,13H2,1H3,(H,17,19). The van der Waals surface area contributed by atoms with E-state index in [0.29, 0.717) is 6.54 Å². The van der Waals surface area contributed by atoms with Crippen LogP contribution in [0, 0.1) is 0 Å². The second kappa shape index (κ2) is 6.98. The van der Waals surface area contributed by atoms with Crippen molar-refractivity contribution in [2.45, 2.75) is 38.6 Å². The number of benzene rings is 1. The molecule has 1 aromatic carbocycles. The summed E-state index contributed by atoms with van der Waals surface area (Å²) in [4.78, 5) is 13.7. The molecule has 1 fully saturated rings. The molecule has 0 spiro atoms. The third kappa shape index (κ3) is 4.43. The predicted octanol–water partition coefficient (Wildman–Crippen LogP) is 3.68. The van der Waals surface area contributed by atoms with Gasteiger partial charge >= 0.3 is 6.03 Å². The van der Waals surface area contributed by atoms with Crippen LogP contribution < -0.4 is 5.32 Å². The smallest absolute Gasteiger partial charge is 0.321 e. The molecule has 2 rings (SSSR count). The first-order valence-electron chi connectivity index (χ1n) is 6.99. The number of urea groups is 1. The predicted molar refractivity (Wildman–Crippen MR) is 77.6 cm³/mol. The lowest BCUT2D eigenvalue weighted by Crippen LogP contribution is -2.34. The largest absolute Gasteiger partial charge is 0.323 e. The van der Waals surface area contributed by atoms with Crippen LogP contribution in [-0.2, 0) is 6.54 Å². The topological polar surface area (TPSA) is 32.3 Å². The van der Waals surface area contributed by atoms with Crippen molar-refractivity contribution in [3.05, 3.63) is 47.7 Å². The zero-order valence-electron chi connectivity index (χ0n) is 11.6. The molecule has 0 saturated heterocycles. The van der Waals surface area contributed by atoms with E-state index in [1.807, 2.05) is 43.6 Å². The van der Waals surface area contributed by atoms with E-state index < -0.39 is 0 Å². The van der Waals surface area contributed by atoms with Gasteiger partial charge in [-0.3, -0.25) is 0 Å². The van der Waals surface area contributed by atoms with E-state index in [-0.39, 0.29) is 6.03 Å². The van der Waals surface area contributed by atoms with Crippen molar-refractivity contribution in [2.75, 3.05) is 7.05 Å². The summed E-state index contributed by atoms with van der Waals surface area (Å²) in [6.07, 6.45) is 7.98. The lowest BCUT2D eigenvalue weighted by atomic mass is 9.96. The van der Waals surface area contributed by atoms with Crippen molar-refractivity contribution in [3.8, 4) is 0 Å². The minimum absolute atomic E-state index is 0.0399. The molecule has 0 unspecified atom stereocenters. The Morgan fingerprint density at radius 2 is 1.89 bits per heavy atom. The average Bonchev–Trinajstić information content (AvgIpc) is 2.47. The second-order valence-electron chi connectivity index (χ2n) is 5.15. The molecule has 0 radical (unpaired) electrons. The Hall–Kier alpha value is -1.77. The van der Waals surface area contributed by atoms with Crippen molar-refractivity contribution in [1.29, 1.82) is 0 Å². The number of nitrogens with zero attached hydrogens (tertiary/aromatic N) is 1. The Morgan fingerprint density at radius 1 is 1.21 bits per heavy atom. The van der Waals surface area contributed by atoms with Crippen LogP contribution in [0.1, 0.15) is 37.7 Å². The molecule has 1 N–H and O–H groups in total. The Labute approximate surface area is 115 Å². The summed E-state index contributed by atoms with van der Waals surface area (Å²) in [6, 6.07) is 9.99. The molecule has 2 amide bonds. The molecule has 0 heterocycles. The van der Waals surface area contributed by atoms with Crippen LogP contribution in [0.15, 0.2) is 42.1 Å². The molecule has 102 valence electrons. The maximum atomic E-state index is 12.0. The number of rotatable bonds is 3. The average molecular weight is 258 g/mol. The van der Waals surface area contributed by atoms with E-state index in [1.165, 1.54) is 24.8 Å². The zero-order chi connectivity index (χ0) is 13.5. The summed E-state index contributed by atoms with van der Waals surface area (Å²) in [6.45, 7) is 0.635. The fourth-order valence-corrected chi connectivity index (χ4v) is 2.35. The van der Waals surface area contributed by atoms with Crippen molar-refractivity contribution < 1.29 is 4.79 Å². The van der Waals surface area contributed by atoms with E-state index in [2.05, 4.69) is 5.32 Å². The molecule has 3 nitrogen and oxygen atoms in total. The second-order valence-corrected chi connectivity index (χ2v) is 5.15. The van der Waals surface area contributed by atoms with E-state index in [1.54, 1.807) is 4.90 Å². The Bertz CT molecular complexity index is 431. The zero-order valence-corrected chi connectivity index (χ0v) is 11.6. The van der Waals surface area contributed by atoms with Gasteiger partial charge < -0.3 is 10.2 Å². The number of hydrogen-bond acceptors (Lipinski definition) is 1. The highest BCUT2D eigenvalue weighted by molar-refractivity contribution is 5.75. The highest BCUT2D eigenvalue weighted by atomic mass is 16.2. The number of carbonyl (C=O) groups excluding carboxylic acids is 1. The number of nitrogens with one attached hydrogen (secondary N) is 1. The molecule has 1 aliphatic carbocycles. The van der Waals surface area contributed by atoms with Crippen LogP contribution in [0.4, 0.5) is 4.79 Å². The van der Waals surface area contributed by atoms with E-state index >= 15 is 0 Å². The first kappa shape index (κ1) is 13.7. The van der Waals surface area contributed by atoms with Gasteiger partial charge in [-0.1, -0.05) is 42.3 Å². The quantitative estimate of drug-likeness (QED) is 0.881. The van der Waals surface area contributed by atoms with Gasteiger partial charge in [0.05, 0.1) is 0 Å². The number of allylic oxidation sites excluding steroid dienone is 1. The summed E-state index contributed by atoms with van der Waals surface area (Å²) in [5, 5.41) is 2.90. The van der Waals surface area contributed by atoms with Gasteiger partial charge in [0.2, 0.25) is 0 Å². The Balaban J connectivity index is 1.82. The van der Waals surface area contributed by atoms with Crippen LogP contribution in [0.2, 0.25) is 0 Å². The molecule has 0 aliphatic heterocycles. The van der Waals surface area contributed by atoms with Gasteiger partial charge in [0, 0.05) is 19.8 Å². The van der Waals surface area contributed by atoms with Crippen LogP contribution in [-0.4, -0.2) is 18.0 Å². The first-order chi connectivity index (χ1) is 9.25. The molecule has 1 saturated carbocycles. The van der Waals surface area contributed by atoms with Crippen LogP contribution in [0.25, 0.3) is 0 Å². The molecular weight excluding hydrogens is 236 g/mol. The van der Waals surface area contributed by atoms with Crippen LogP contribution >= 0.6 is 0 Å². The maximum absolute atomic E-state index is 12.0. The molecular formula is C16H22N2O. The molecule has 0 aromatic heterocycles. The molecule has 19 heavy (non-hydrogen) atoms. The van der Waals surface area contributed by atoms with E-state index in [0.717, 1.165) is 18.4 Å². The molecule has 1 aromatic rings. The summed E-state index contributed by atoms with van der Waals surface area (Å²) < 4.78 is 0. The fraction of sp³-hybridized carbons (Fsp3) is 0.438. The fourth-order valence-electron chi connectivity index (χ4n) is 2.35. The molecule has 3 heteroatoms. The SMILES string of the molecule is CN(Cc1ccccc1)C(=O)NC=C1CCCCC1. The number of hydrogen-bond donors (Lipinski definition) is 1. The number of amides is 2. The van der Waals surface area contributed by atoms with Gasteiger partial charge in [-0.25, -0.2) is 4.79 Å². The van der Waals surface area contributed by atoms with Gasteiger partial charge in [0.1, 0.15) is 0 Å². The van der Waals surface area contributed by atoms with Gasteiger partial charge in [0.25, 0.3) is 0 Å². The molecule has 0 bridgehead atoms. The lowest BCUT2D eigenvalue weighted by molar-refractivity contribution is 0.210. The highest BCUT2D eigenvalue weighted by Gasteiger charge is 2.09. The van der Waals surface area contributed by atoms with E-state index in [4.69, 9.17) is 0 Å². The summed E-state index contributed by atoms with van der Waals surface area (Å²) in [5.74, 6) is 0. The molecule has 0 atom stereocenters. The minimum Gasteiger partial charge on any atom is -0.323 e. The van der Waals surface area contributed by atoms with Crippen LogP contribution in [0.5, 0.6) is 0 Å². The van der Waals surface area contributed by atoms with Crippen molar-refractivity contribution in [3.63, 3.8) is 0 Å². The summed E-state index contributed by atoms with van der Waals surface area (Å²) in [5.41, 5.74) is 2.51. The summed E-state index contributed by atoms with van der Waals surface area (Å²) >= 11 is 0. The lowest BCUT2D eigenvalue weighted by Gasteiger charge is -2.18. The van der Waals surface area contributed by atoms with Gasteiger partial charge in [-0.2, -0.15) is 0 Å². The highest BCUT2D eigenvalue weighted by Crippen LogP contribution is 2.21. The molecule has 1 aliphatic rings. The third-order valence-corrected chi connectivity index (χ3v) is 3.50. The third-order valence-electron chi connectivity index (χ3n) is 3.50. The number of carbonyl (C=O) groups is 1. The first-order valence-corrected chi connectivity index (χ1v) is 6.99.